The maximum atomic E-state index is 5.61. The van der Waals surface area contributed by atoms with Crippen molar-refractivity contribution in [2.75, 3.05) is 33.4 Å². The first kappa shape index (κ1) is 23.8. The molecule has 2 saturated heterocycles. The van der Waals surface area contributed by atoms with Crippen molar-refractivity contribution >= 4 is 0 Å². The average Bonchev–Trinajstić information content (AvgIpc) is 2.94. The van der Waals surface area contributed by atoms with Crippen LogP contribution < -0.4 is 0 Å². The van der Waals surface area contributed by atoms with Crippen LogP contribution in [0.1, 0.15) is 67.2 Å². The Morgan fingerprint density at radius 1 is 0.692 bits per heavy atom. The molecule has 1 aliphatic carbocycles. The molecule has 5 heteroatoms. The fraction of sp³-hybridized carbons (Fsp3) is 1.00. The van der Waals surface area contributed by atoms with Gasteiger partial charge in [-0.25, -0.2) is 0 Å². The molecule has 0 N–H and O–H groups in total. The minimum atomic E-state index is 0.351. The highest BCUT2D eigenvalue weighted by Gasteiger charge is 2.24. The number of rotatable bonds is 6. The van der Waals surface area contributed by atoms with Gasteiger partial charge in [0.1, 0.15) is 6.10 Å². The number of nitrogens with zero attached hydrogens (tertiary/aromatic N) is 1. The van der Waals surface area contributed by atoms with E-state index in [9.17, 15) is 0 Å². The Morgan fingerprint density at radius 2 is 1.12 bits per heavy atom. The highest BCUT2D eigenvalue weighted by Crippen LogP contribution is 2.21. The Labute approximate surface area is 161 Å². The van der Waals surface area contributed by atoms with Crippen LogP contribution in [0.4, 0.5) is 0 Å². The number of hydrogen-bond donors (Lipinski definition) is 0. The van der Waals surface area contributed by atoms with Crippen LogP contribution in [0, 0.1) is 0 Å². The second-order valence-corrected chi connectivity index (χ2v) is 8.46. The maximum Gasteiger partial charge on any atom is 0.104 e. The van der Waals surface area contributed by atoms with Crippen LogP contribution in [-0.4, -0.2) is 74.9 Å². The van der Waals surface area contributed by atoms with E-state index in [1.54, 1.807) is 0 Å². The molecule has 0 atom stereocenters. The van der Waals surface area contributed by atoms with Gasteiger partial charge in [-0.15, -0.1) is 0 Å². The highest BCUT2D eigenvalue weighted by atomic mass is 16.6. The predicted octanol–water partition coefficient (Wildman–Crippen LogP) is 3.89. The van der Waals surface area contributed by atoms with Gasteiger partial charge in [0.2, 0.25) is 0 Å². The molecule has 1 saturated carbocycles. The Hall–Kier alpha value is -0.200. The second-order valence-electron chi connectivity index (χ2n) is 8.46. The quantitative estimate of drug-likeness (QED) is 0.706. The summed E-state index contributed by atoms with van der Waals surface area (Å²) in [6.07, 6.45) is 7.97. The van der Waals surface area contributed by atoms with E-state index >= 15 is 0 Å². The molecule has 3 aliphatic rings. The number of likely N-dealkylation sites (tertiary alicyclic amines) is 1. The van der Waals surface area contributed by atoms with Crippen molar-refractivity contribution < 1.29 is 18.9 Å². The van der Waals surface area contributed by atoms with Gasteiger partial charge in [0.05, 0.1) is 43.7 Å². The zero-order valence-electron chi connectivity index (χ0n) is 18.2. The highest BCUT2D eigenvalue weighted by molar-refractivity contribution is 4.77. The number of ether oxygens (including phenoxy) is 4. The van der Waals surface area contributed by atoms with E-state index in [0.717, 1.165) is 26.3 Å². The van der Waals surface area contributed by atoms with Gasteiger partial charge in [0, 0.05) is 13.1 Å². The third kappa shape index (κ3) is 11.5. The first-order valence-electron chi connectivity index (χ1n) is 10.5. The molecule has 5 nitrogen and oxygen atoms in total. The molecule has 3 fully saturated rings. The topological polar surface area (TPSA) is 40.2 Å². The molecule has 3 rings (SSSR count). The van der Waals surface area contributed by atoms with Crippen molar-refractivity contribution in [3.05, 3.63) is 0 Å². The molecule has 0 aromatic carbocycles. The Morgan fingerprint density at radius 3 is 1.42 bits per heavy atom. The Balaban J connectivity index is 0.000000195. The minimum absolute atomic E-state index is 0.351. The van der Waals surface area contributed by atoms with Crippen molar-refractivity contribution in [2.24, 2.45) is 0 Å². The van der Waals surface area contributed by atoms with Crippen molar-refractivity contribution in [1.82, 2.24) is 4.90 Å². The third-order valence-corrected chi connectivity index (χ3v) is 4.33. The molecular weight excluding hydrogens is 330 g/mol. The van der Waals surface area contributed by atoms with E-state index in [2.05, 4.69) is 39.6 Å². The lowest BCUT2D eigenvalue weighted by molar-refractivity contribution is -0.146. The van der Waals surface area contributed by atoms with Crippen LogP contribution >= 0.6 is 0 Å². The van der Waals surface area contributed by atoms with Crippen LogP contribution in [0.15, 0.2) is 0 Å². The molecule has 0 bridgehead atoms. The molecule has 2 aliphatic heterocycles. The van der Waals surface area contributed by atoms with Crippen LogP contribution in [-0.2, 0) is 18.9 Å². The lowest BCUT2D eigenvalue weighted by Gasteiger charge is -2.36. The Bertz CT molecular complexity index is 333. The summed E-state index contributed by atoms with van der Waals surface area (Å²) in [5.74, 6) is 0. The van der Waals surface area contributed by atoms with Crippen LogP contribution in [0.5, 0.6) is 0 Å². The summed E-state index contributed by atoms with van der Waals surface area (Å²) in [7, 11) is 2.11. The average molecular weight is 374 g/mol. The molecule has 0 aromatic heterocycles. The largest absolute Gasteiger partial charge is 0.376 e. The maximum absolute atomic E-state index is 5.61. The summed E-state index contributed by atoms with van der Waals surface area (Å²) in [6, 6.07) is 0. The molecule has 0 aromatic rings. The second kappa shape index (κ2) is 13.1. The summed E-state index contributed by atoms with van der Waals surface area (Å²) < 4.78 is 21.4. The SMILES string of the molecule is CC(C)OC1CCCC1.CC(C)OC1CN(C)C1.CC(C)OC1COC1. The van der Waals surface area contributed by atoms with Gasteiger partial charge in [-0.3, -0.25) is 0 Å². The van der Waals surface area contributed by atoms with Crippen molar-refractivity contribution in [3.63, 3.8) is 0 Å². The van der Waals surface area contributed by atoms with Gasteiger partial charge >= 0.3 is 0 Å². The normalized spacial score (nSPS) is 21.9. The van der Waals surface area contributed by atoms with E-state index in [1.807, 2.05) is 13.8 Å². The smallest absolute Gasteiger partial charge is 0.104 e. The standard InChI is InChI=1S/C8H16O.C7H15NO.C6H12O2/c1-7(2)9-8-5-3-4-6-8;1-6(2)9-7-4-8(3)5-7;1-5(2)8-6-3-7-4-6/h7-8H,3-6H2,1-2H3;6-7H,4-5H2,1-3H3;5-6H,3-4H2,1-2H3. The van der Waals surface area contributed by atoms with Gasteiger partial charge in [-0.1, -0.05) is 12.8 Å². The van der Waals surface area contributed by atoms with Gasteiger partial charge in [-0.05, 0) is 61.4 Å². The van der Waals surface area contributed by atoms with E-state index in [-0.39, 0.29) is 0 Å². The molecule has 0 spiro atoms. The van der Waals surface area contributed by atoms with E-state index in [1.165, 1.54) is 25.7 Å². The molecular formula is C21H43NO4. The van der Waals surface area contributed by atoms with Gasteiger partial charge in [0.25, 0.3) is 0 Å². The van der Waals surface area contributed by atoms with Crippen LogP contribution in [0.25, 0.3) is 0 Å². The predicted molar refractivity (Wildman–Crippen MR) is 107 cm³/mol. The zero-order valence-corrected chi connectivity index (χ0v) is 18.2. The lowest BCUT2D eigenvalue weighted by Crippen LogP contribution is -2.50. The number of hydrogen-bond acceptors (Lipinski definition) is 5. The van der Waals surface area contributed by atoms with Crippen LogP contribution in [0.3, 0.4) is 0 Å². The number of likely N-dealkylation sites (N-methyl/N-ethyl adjacent to an activating group) is 1. The molecule has 156 valence electrons. The fourth-order valence-corrected chi connectivity index (χ4v) is 3.20. The Kier molecular flexibility index (Phi) is 12.0. The summed E-state index contributed by atoms with van der Waals surface area (Å²) in [5.41, 5.74) is 0. The summed E-state index contributed by atoms with van der Waals surface area (Å²) in [5, 5.41) is 0. The van der Waals surface area contributed by atoms with Gasteiger partial charge < -0.3 is 23.8 Å². The van der Waals surface area contributed by atoms with Crippen molar-refractivity contribution in [1.29, 1.82) is 0 Å². The minimum Gasteiger partial charge on any atom is -0.376 e. The fourth-order valence-electron chi connectivity index (χ4n) is 3.20. The molecule has 0 unspecified atom stereocenters. The molecule has 2 heterocycles. The lowest BCUT2D eigenvalue weighted by atomic mass is 10.2. The van der Waals surface area contributed by atoms with E-state index in [0.29, 0.717) is 36.6 Å². The monoisotopic (exact) mass is 373 g/mol. The zero-order chi connectivity index (χ0) is 19.5. The van der Waals surface area contributed by atoms with E-state index < -0.39 is 0 Å². The molecule has 26 heavy (non-hydrogen) atoms. The first-order valence-corrected chi connectivity index (χ1v) is 10.5. The molecule has 0 amide bonds. The summed E-state index contributed by atoms with van der Waals surface area (Å²) >= 11 is 0. The van der Waals surface area contributed by atoms with Crippen LogP contribution in [0.2, 0.25) is 0 Å². The van der Waals surface area contributed by atoms with Crippen molar-refractivity contribution in [2.45, 2.75) is 104 Å². The van der Waals surface area contributed by atoms with E-state index in [4.69, 9.17) is 18.9 Å². The van der Waals surface area contributed by atoms with Crippen molar-refractivity contribution in [3.8, 4) is 0 Å². The summed E-state index contributed by atoms with van der Waals surface area (Å²) in [6.45, 7) is 16.3. The van der Waals surface area contributed by atoms with Gasteiger partial charge in [0.15, 0.2) is 0 Å². The first-order chi connectivity index (χ1) is 12.3. The molecule has 0 radical (unpaired) electrons. The van der Waals surface area contributed by atoms with Gasteiger partial charge in [-0.2, -0.15) is 0 Å². The third-order valence-electron chi connectivity index (χ3n) is 4.33. The summed E-state index contributed by atoms with van der Waals surface area (Å²) in [4.78, 5) is 2.26.